The van der Waals surface area contributed by atoms with Crippen LogP contribution in [0.2, 0.25) is 0 Å². The third-order valence-electron chi connectivity index (χ3n) is 14.6. The molecule has 0 amide bonds. The van der Waals surface area contributed by atoms with Crippen molar-refractivity contribution < 1.29 is 0 Å². The first kappa shape index (κ1) is 34.6. The number of nitrogens with zero attached hydrogens (tertiary/aromatic N) is 1. The number of hydrogen-bond donors (Lipinski definition) is 0. The minimum absolute atomic E-state index is 0.0825. The predicted octanol–water partition coefficient (Wildman–Crippen LogP) is 15.8. The smallest absolute Gasteiger partial charge is 0.0468 e. The van der Waals surface area contributed by atoms with Gasteiger partial charge in [-0.2, -0.15) is 0 Å². The van der Waals surface area contributed by atoms with Gasteiger partial charge in [0.1, 0.15) is 0 Å². The lowest BCUT2D eigenvalue weighted by molar-refractivity contribution is 0.652. The van der Waals surface area contributed by atoms with Crippen molar-refractivity contribution in [3.05, 3.63) is 197 Å². The van der Waals surface area contributed by atoms with Crippen LogP contribution in [0, 0.1) is 6.92 Å². The molecule has 12 rings (SSSR count). The number of rotatable bonds is 3. The average Bonchev–Trinajstić information content (AvgIpc) is 3.70. The van der Waals surface area contributed by atoms with Gasteiger partial charge in [0.2, 0.25) is 0 Å². The Kier molecular flexibility index (Phi) is 6.80. The highest BCUT2D eigenvalue weighted by atomic mass is 15.1. The van der Waals surface area contributed by atoms with E-state index in [1.165, 1.54) is 122 Å². The van der Waals surface area contributed by atoms with Gasteiger partial charge in [0.15, 0.2) is 0 Å². The van der Waals surface area contributed by atoms with E-state index in [9.17, 15) is 0 Å². The topological polar surface area (TPSA) is 3.24 Å². The highest BCUT2D eigenvalue weighted by Crippen LogP contribution is 2.58. The fourth-order valence-corrected chi connectivity index (χ4v) is 11.4. The molecule has 59 heavy (non-hydrogen) atoms. The Morgan fingerprint density at radius 2 is 0.831 bits per heavy atom. The summed E-state index contributed by atoms with van der Waals surface area (Å²) in [5, 5.41) is 7.79. The molecule has 0 radical (unpaired) electrons. The van der Waals surface area contributed by atoms with Gasteiger partial charge in [0.05, 0.1) is 0 Å². The second-order valence-electron chi connectivity index (χ2n) is 19.1. The molecule has 0 unspecified atom stereocenters. The zero-order chi connectivity index (χ0) is 40.2. The molecule has 9 aromatic rings. The van der Waals surface area contributed by atoms with Gasteiger partial charge in [0.25, 0.3) is 0 Å². The first-order chi connectivity index (χ1) is 28.4. The van der Waals surface area contributed by atoms with Gasteiger partial charge in [-0.05, 0) is 184 Å². The molecule has 0 N–H and O–H groups in total. The van der Waals surface area contributed by atoms with Crippen LogP contribution >= 0.6 is 0 Å². The molecule has 0 heterocycles. The molecule has 1 nitrogen and oxygen atoms in total. The monoisotopic (exact) mass is 757 g/mol. The Labute approximate surface area is 347 Å². The molecular weight excluding hydrogens is 711 g/mol. The Morgan fingerprint density at radius 1 is 0.322 bits per heavy atom. The van der Waals surface area contributed by atoms with Gasteiger partial charge in [-0.1, -0.05) is 126 Å². The van der Waals surface area contributed by atoms with Gasteiger partial charge in [0, 0.05) is 33.3 Å². The third kappa shape index (κ3) is 4.68. The zero-order valence-corrected chi connectivity index (χ0v) is 35.0. The Balaban J connectivity index is 1.000. The molecule has 3 aliphatic rings. The summed E-state index contributed by atoms with van der Waals surface area (Å²) in [4.78, 5) is 2.47. The highest BCUT2D eigenvalue weighted by molar-refractivity contribution is 6.04. The van der Waals surface area contributed by atoms with Gasteiger partial charge < -0.3 is 4.90 Å². The van der Waals surface area contributed by atoms with E-state index in [4.69, 9.17) is 0 Å². The van der Waals surface area contributed by atoms with Crippen molar-refractivity contribution in [1.29, 1.82) is 0 Å². The summed E-state index contributed by atoms with van der Waals surface area (Å²) in [6.07, 6.45) is 0. The predicted molar refractivity (Wildman–Crippen MR) is 251 cm³/mol. The first-order valence-electron chi connectivity index (χ1n) is 21.2. The summed E-state index contributed by atoms with van der Waals surface area (Å²) in [7, 11) is 0. The molecule has 0 saturated carbocycles. The fourth-order valence-electron chi connectivity index (χ4n) is 11.4. The van der Waals surface area contributed by atoms with Crippen LogP contribution in [-0.4, -0.2) is 0 Å². The van der Waals surface area contributed by atoms with E-state index >= 15 is 0 Å². The van der Waals surface area contributed by atoms with E-state index in [0.29, 0.717) is 0 Å². The lowest BCUT2D eigenvalue weighted by Gasteiger charge is -2.29. The van der Waals surface area contributed by atoms with E-state index in [1.807, 2.05) is 0 Å². The molecule has 0 aromatic heterocycles. The number of aryl methyl sites for hydroxylation is 1. The number of fused-ring (bicyclic) bond motifs is 13. The SMILES string of the molecule is Cc1cccc(N(c2ccc3c(c2)C(C)(C)c2cc4c(cc2-3)C(C)(C)c2ccc3ccccc3c2-4)c2ccc3cc4c(cc3c2)C(C)(C)c2cc3ccccc3cc2-4)c1. The Morgan fingerprint density at radius 3 is 1.58 bits per heavy atom. The molecular formula is C58H47N. The minimum atomic E-state index is -0.180. The van der Waals surface area contributed by atoms with Crippen molar-refractivity contribution in [2.45, 2.75) is 64.7 Å². The summed E-state index contributed by atoms with van der Waals surface area (Å²) in [6, 6.07) is 60.4. The average molecular weight is 758 g/mol. The maximum absolute atomic E-state index is 2.55. The molecule has 0 fully saturated rings. The zero-order valence-electron chi connectivity index (χ0n) is 35.0. The Hall–Kier alpha value is -6.44. The largest absolute Gasteiger partial charge is 0.310 e. The van der Waals surface area contributed by atoms with Crippen LogP contribution < -0.4 is 4.90 Å². The molecule has 0 atom stereocenters. The fraction of sp³-hybridized carbons (Fsp3) is 0.172. The van der Waals surface area contributed by atoms with E-state index < -0.39 is 0 Å². The van der Waals surface area contributed by atoms with Crippen molar-refractivity contribution in [1.82, 2.24) is 0 Å². The summed E-state index contributed by atoms with van der Waals surface area (Å²) in [5.41, 5.74) is 21.1. The van der Waals surface area contributed by atoms with Crippen molar-refractivity contribution in [2.75, 3.05) is 4.90 Å². The van der Waals surface area contributed by atoms with Crippen molar-refractivity contribution >= 4 is 49.4 Å². The van der Waals surface area contributed by atoms with Crippen LogP contribution in [0.25, 0.3) is 65.7 Å². The number of benzene rings is 9. The van der Waals surface area contributed by atoms with Crippen LogP contribution in [0.4, 0.5) is 17.1 Å². The van der Waals surface area contributed by atoms with Crippen LogP contribution in [0.5, 0.6) is 0 Å². The number of anilines is 3. The maximum atomic E-state index is 2.55. The van der Waals surface area contributed by atoms with Crippen LogP contribution in [0.1, 0.15) is 80.5 Å². The van der Waals surface area contributed by atoms with E-state index in [1.54, 1.807) is 0 Å². The highest BCUT2D eigenvalue weighted by Gasteiger charge is 2.43. The molecule has 0 aliphatic heterocycles. The summed E-state index contributed by atoms with van der Waals surface area (Å²) in [6.45, 7) is 16.6. The minimum Gasteiger partial charge on any atom is -0.310 e. The van der Waals surface area contributed by atoms with Gasteiger partial charge in [-0.15, -0.1) is 0 Å². The normalized spacial score (nSPS) is 15.8. The van der Waals surface area contributed by atoms with Crippen LogP contribution in [-0.2, 0) is 16.2 Å². The first-order valence-corrected chi connectivity index (χ1v) is 21.2. The molecule has 0 saturated heterocycles. The molecule has 1 heteroatoms. The van der Waals surface area contributed by atoms with Gasteiger partial charge in [-0.25, -0.2) is 0 Å². The standard InChI is InChI=1S/C58H47N/c1-34-13-12-17-40(25-34)59(41-21-19-38-28-46-45-27-36-15-8-9-16-37(36)29-50(45)57(4,5)51(46)30-39(38)26-41)42-22-23-44-47-32-54-48(33-53(47)58(6,7)52(44)31-42)55-43-18-11-10-14-35(43)20-24-49(55)56(54,2)3/h8-33H,1-7H3. The Bertz CT molecular complexity index is 3320. The second kappa shape index (κ2) is 11.6. The van der Waals surface area contributed by atoms with E-state index in [0.717, 1.165) is 0 Å². The number of hydrogen-bond acceptors (Lipinski definition) is 1. The van der Waals surface area contributed by atoms with Crippen molar-refractivity contribution in [3.8, 4) is 33.4 Å². The molecule has 3 aliphatic carbocycles. The summed E-state index contributed by atoms with van der Waals surface area (Å²) < 4.78 is 0. The van der Waals surface area contributed by atoms with E-state index in [-0.39, 0.29) is 16.2 Å². The lowest BCUT2D eigenvalue weighted by atomic mass is 9.79. The summed E-state index contributed by atoms with van der Waals surface area (Å²) >= 11 is 0. The molecule has 0 spiro atoms. The van der Waals surface area contributed by atoms with Crippen molar-refractivity contribution in [3.63, 3.8) is 0 Å². The molecule has 9 aromatic carbocycles. The van der Waals surface area contributed by atoms with Crippen LogP contribution in [0.3, 0.4) is 0 Å². The quantitative estimate of drug-likeness (QED) is 0.173. The maximum Gasteiger partial charge on any atom is 0.0468 e. The summed E-state index contributed by atoms with van der Waals surface area (Å²) in [5.74, 6) is 0. The van der Waals surface area contributed by atoms with Gasteiger partial charge in [-0.3, -0.25) is 0 Å². The van der Waals surface area contributed by atoms with Gasteiger partial charge >= 0.3 is 0 Å². The van der Waals surface area contributed by atoms with Crippen molar-refractivity contribution in [2.24, 2.45) is 0 Å². The lowest BCUT2D eigenvalue weighted by Crippen LogP contribution is -2.17. The third-order valence-corrected chi connectivity index (χ3v) is 14.6. The molecule has 0 bridgehead atoms. The second-order valence-corrected chi connectivity index (χ2v) is 19.1. The van der Waals surface area contributed by atoms with E-state index in [2.05, 4.69) is 211 Å². The molecule has 284 valence electrons. The van der Waals surface area contributed by atoms with Crippen LogP contribution in [0.15, 0.2) is 158 Å².